The first-order valence-electron chi connectivity index (χ1n) is 11.3. The SMILES string of the molecule is CCN(CC)CCOc1ccccc1CNC(=NC)NCCCOCC1CCOC1.I. The maximum atomic E-state index is 6.04. The molecule has 0 amide bonds. The van der Waals surface area contributed by atoms with Gasteiger partial charge in [0.15, 0.2) is 5.96 Å². The van der Waals surface area contributed by atoms with Crippen molar-refractivity contribution < 1.29 is 14.2 Å². The van der Waals surface area contributed by atoms with E-state index in [0.29, 0.717) is 19.1 Å². The number of ether oxygens (including phenoxy) is 3. The monoisotopic (exact) mass is 548 g/mol. The highest BCUT2D eigenvalue weighted by molar-refractivity contribution is 14.0. The molecule has 0 radical (unpaired) electrons. The molecule has 1 unspecified atom stereocenters. The molecule has 1 aromatic rings. The quantitative estimate of drug-likeness (QED) is 0.161. The zero-order valence-electron chi connectivity index (χ0n) is 19.4. The Morgan fingerprint density at radius 2 is 2.00 bits per heavy atom. The van der Waals surface area contributed by atoms with Crippen LogP contribution < -0.4 is 15.4 Å². The van der Waals surface area contributed by atoms with Gasteiger partial charge in [-0.15, -0.1) is 24.0 Å². The van der Waals surface area contributed by atoms with Gasteiger partial charge in [-0.25, -0.2) is 0 Å². The average Bonchev–Trinajstić information content (AvgIpc) is 3.30. The highest BCUT2D eigenvalue weighted by Gasteiger charge is 2.15. The number of benzene rings is 1. The molecule has 178 valence electrons. The second-order valence-electron chi connectivity index (χ2n) is 7.49. The molecule has 0 aliphatic carbocycles. The van der Waals surface area contributed by atoms with Crippen LogP contribution in [0.15, 0.2) is 29.3 Å². The summed E-state index contributed by atoms with van der Waals surface area (Å²) in [4.78, 5) is 6.67. The van der Waals surface area contributed by atoms with E-state index in [1.165, 1.54) is 0 Å². The van der Waals surface area contributed by atoms with Crippen molar-refractivity contribution in [2.24, 2.45) is 10.9 Å². The van der Waals surface area contributed by atoms with Crippen molar-refractivity contribution in [1.82, 2.24) is 15.5 Å². The van der Waals surface area contributed by atoms with Crippen molar-refractivity contribution in [3.63, 3.8) is 0 Å². The Morgan fingerprint density at radius 1 is 1.19 bits per heavy atom. The molecule has 7 nitrogen and oxygen atoms in total. The molecule has 0 bridgehead atoms. The largest absolute Gasteiger partial charge is 0.492 e. The fraction of sp³-hybridized carbons (Fsp3) is 0.696. The van der Waals surface area contributed by atoms with Crippen molar-refractivity contribution in [2.45, 2.75) is 33.2 Å². The zero-order chi connectivity index (χ0) is 21.4. The highest BCUT2D eigenvalue weighted by Crippen LogP contribution is 2.17. The van der Waals surface area contributed by atoms with Gasteiger partial charge in [0.25, 0.3) is 0 Å². The Bertz CT molecular complexity index is 608. The van der Waals surface area contributed by atoms with E-state index in [1.54, 1.807) is 7.05 Å². The lowest BCUT2D eigenvalue weighted by atomic mass is 10.1. The summed E-state index contributed by atoms with van der Waals surface area (Å²) in [5, 5.41) is 6.72. The molecule has 1 saturated heterocycles. The van der Waals surface area contributed by atoms with Crippen LogP contribution in [0.3, 0.4) is 0 Å². The van der Waals surface area contributed by atoms with Gasteiger partial charge in [-0.2, -0.15) is 0 Å². The molecule has 31 heavy (non-hydrogen) atoms. The Kier molecular flexibility index (Phi) is 15.7. The number of nitrogens with one attached hydrogen (secondary N) is 2. The summed E-state index contributed by atoms with van der Waals surface area (Å²) in [6.45, 7) is 12.8. The van der Waals surface area contributed by atoms with Gasteiger partial charge >= 0.3 is 0 Å². The number of halogens is 1. The van der Waals surface area contributed by atoms with Crippen molar-refractivity contribution in [2.75, 3.05) is 66.3 Å². The van der Waals surface area contributed by atoms with Crippen LogP contribution in [0.5, 0.6) is 5.75 Å². The summed E-state index contributed by atoms with van der Waals surface area (Å²) in [6.07, 6.45) is 2.06. The molecule has 0 spiro atoms. The van der Waals surface area contributed by atoms with Gasteiger partial charge in [0.1, 0.15) is 12.4 Å². The Hall–Kier alpha value is -1.10. The van der Waals surface area contributed by atoms with Gasteiger partial charge in [0.05, 0.1) is 13.2 Å². The summed E-state index contributed by atoms with van der Waals surface area (Å²) < 4.78 is 17.2. The van der Waals surface area contributed by atoms with Gasteiger partial charge in [0, 0.05) is 51.4 Å². The molecule has 1 aromatic carbocycles. The highest BCUT2D eigenvalue weighted by atomic mass is 127. The van der Waals surface area contributed by atoms with Crippen LogP contribution in [0, 0.1) is 5.92 Å². The Balaban J connectivity index is 0.00000480. The van der Waals surface area contributed by atoms with E-state index < -0.39 is 0 Å². The first kappa shape index (κ1) is 27.9. The van der Waals surface area contributed by atoms with Crippen LogP contribution in [-0.2, 0) is 16.0 Å². The van der Waals surface area contributed by atoms with Crippen molar-refractivity contribution >= 4 is 29.9 Å². The molecule has 1 fully saturated rings. The van der Waals surface area contributed by atoms with Crippen LogP contribution in [0.4, 0.5) is 0 Å². The van der Waals surface area contributed by atoms with E-state index in [9.17, 15) is 0 Å². The zero-order valence-corrected chi connectivity index (χ0v) is 21.7. The summed E-state index contributed by atoms with van der Waals surface area (Å²) in [7, 11) is 1.79. The van der Waals surface area contributed by atoms with E-state index in [0.717, 1.165) is 82.7 Å². The molecular formula is C23H41IN4O3. The molecular weight excluding hydrogens is 507 g/mol. The summed E-state index contributed by atoms with van der Waals surface area (Å²) in [5.74, 6) is 2.29. The van der Waals surface area contributed by atoms with Crippen LogP contribution in [0.2, 0.25) is 0 Å². The van der Waals surface area contributed by atoms with E-state index in [2.05, 4.69) is 40.4 Å². The summed E-state index contributed by atoms with van der Waals surface area (Å²) in [5.41, 5.74) is 1.13. The van der Waals surface area contributed by atoms with E-state index in [4.69, 9.17) is 14.2 Å². The maximum absolute atomic E-state index is 6.04. The topological polar surface area (TPSA) is 67.4 Å². The van der Waals surface area contributed by atoms with Crippen LogP contribution in [0.25, 0.3) is 0 Å². The maximum Gasteiger partial charge on any atom is 0.191 e. The van der Waals surface area contributed by atoms with Gasteiger partial charge < -0.3 is 29.7 Å². The third kappa shape index (κ3) is 11.4. The number of likely N-dealkylation sites (N-methyl/N-ethyl adjacent to an activating group) is 1. The number of hydrogen-bond acceptors (Lipinski definition) is 5. The average molecular weight is 549 g/mol. The van der Waals surface area contributed by atoms with Crippen molar-refractivity contribution in [1.29, 1.82) is 0 Å². The lowest BCUT2D eigenvalue weighted by molar-refractivity contribution is 0.0888. The van der Waals surface area contributed by atoms with Gasteiger partial charge in [-0.1, -0.05) is 32.0 Å². The molecule has 1 aliphatic rings. The predicted octanol–water partition coefficient (Wildman–Crippen LogP) is 3.13. The lowest BCUT2D eigenvalue weighted by Crippen LogP contribution is -2.37. The Morgan fingerprint density at radius 3 is 2.71 bits per heavy atom. The van der Waals surface area contributed by atoms with E-state index in [1.807, 2.05) is 18.2 Å². The fourth-order valence-electron chi connectivity index (χ4n) is 3.36. The first-order valence-corrected chi connectivity index (χ1v) is 11.3. The van der Waals surface area contributed by atoms with Crippen LogP contribution in [-0.4, -0.2) is 77.1 Å². The lowest BCUT2D eigenvalue weighted by Gasteiger charge is -2.19. The molecule has 1 aliphatic heterocycles. The molecule has 0 aromatic heterocycles. The van der Waals surface area contributed by atoms with Crippen molar-refractivity contribution in [3.05, 3.63) is 29.8 Å². The van der Waals surface area contributed by atoms with Crippen molar-refractivity contribution in [3.8, 4) is 5.75 Å². The predicted molar refractivity (Wildman–Crippen MR) is 138 cm³/mol. The molecule has 2 rings (SSSR count). The smallest absolute Gasteiger partial charge is 0.191 e. The molecule has 8 heteroatoms. The van der Waals surface area contributed by atoms with E-state index in [-0.39, 0.29) is 24.0 Å². The number of para-hydroxylation sites is 1. The van der Waals surface area contributed by atoms with Crippen LogP contribution in [0.1, 0.15) is 32.3 Å². The van der Waals surface area contributed by atoms with Gasteiger partial charge in [-0.3, -0.25) is 4.99 Å². The Labute approximate surface area is 205 Å². The number of rotatable bonds is 14. The first-order chi connectivity index (χ1) is 14.8. The number of nitrogens with zero attached hydrogens (tertiary/aromatic N) is 2. The molecule has 2 N–H and O–H groups in total. The second-order valence-corrected chi connectivity index (χ2v) is 7.49. The minimum atomic E-state index is 0. The van der Waals surface area contributed by atoms with Crippen LogP contribution >= 0.6 is 24.0 Å². The fourth-order valence-corrected chi connectivity index (χ4v) is 3.36. The third-order valence-corrected chi connectivity index (χ3v) is 5.34. The normalized spacial score (nSPS) is 16.3. The van der Waals surface area contributed by atoms with E-state index >= 15 is 0 Å². The number of aliphatic imine (C=N–C) groups is 1. The number of guanidine groups is 1. The third-order valence-electron chi connectivity index (χ3n) is 5.34. The second kappa shape index (κ2) is 17.5. The standard InChI is InChI=1S/C23H40N4O3.HI/c1-4-27(5-2)13-16-30-22-10-7-6-9-21(22)17-26-23(24-3)25-12-8-14-28-18-20-11-15-29-19-20;/h6-7,9-10,20H,4-5,8,11-19H2,1-3H3,(H2,24,25,26);1H. The molecule has 1 heterocycles. The van der Waals surface area contributed by atoms with Gasteiger partial charge in [-0.05, 0) is 32.0 Å². The number of hydrogen-bond donors (Lipinski definition) is 2. The van der Waals surface area contributed by atoms with Gasteiger partial charge in [0.2, 0.25) is 0 Å². The minimum Gasteiger partial charge on any atom is -0.492 e. The molecule has 0 saturated carbocycles. The molecule has 1 atom stereocenters. The summed E-state index contributed by atoms with van der Waals surface area (Å²) >= 11 is 0. The minimum absolute atomic E-state index is 0. The summed E-state index contributed by atoms with van der Waals surface area (Å²) in [6, 6.07) is 8.17.